The minimum Gasteiger partial charge on any atom is -0.311 e. The van der Waals surface area contributed by atoms with Gasteiger partial charge in [-0.1, -0.05) is 139 Å². The summed E-state index contributed by atoms with van der Waals surface area (Å²) in [5.41, 5.74) is 13.3. The van der Waals surface area contributed by atoms with Crippen molar-refractivity contribution < 1.29 is 0 Å². The normalized spacial score (nSPS) is 15.3. The predicted octanol–water partition coefficient (Wildman–Crippen LogP) is 10.6. The van der Waals surface area contributed by atoms with E-state index in [-0.39, 0.29) is 5.41 Å². The Morgan fingerprint density at radius 3 is 2.12 bits per heavy atom. The van der Waals surface area contributed by atoms with Crippen molar-refractivity contribution in [3.63, 3.8) is 0 Å². The number of hydrogen-bond acceptors (Lipinski definition) is 1. The van der Waals surface area contributed by atoms with Gasteiger partial charge < -0.3 is 4.57 Å². The van der Waals surface area contributed by atoms with E-state index in [1.165, 1.54) is 81.8 Å². The van der Waals surface area contributed by atoms with Gasteiger partial charge in [0.2, 0.25) is 0 Å². The first-order chi connectivity index (χ1) is 21.4. The quantitative estimate of drug-likeness (QED) is 0.192. The van der Waals surface area contributed by atoms with Crippen molar-refractivity contribution in [1.82, 2.24) is 4.57 Å². The molecule has 0 atom stereocenters. The molecule has 43 heavy (non-hydrogen) atoms. The molecule has 7 aromatic rings. The first-order valence-electron chi connectivity index (χ1n) is 15.2. The summed E-state index contributed by atoms with van der Waals surface area (Å²) in [6.45, 7) is 0. The number of aromatic nitrogens is 1. The van der Waals surface area contributed by atoms with E-state index in [1.54, 1.807) is 0 Å². The van der Waals surface area contributed by atoms with Crippen molar-refractivity contribution in [1.29, 1.82) is 0 Å². The molecule has 1 aromatic heterocycles. The first-order valence-corrected chi connectivity index (χ1v) is 16.0. The fourth-order valence-corrected chi connectivity index (χ4v) is 9.61. The Kier molecular flexibility index (Phi) is 4.76. The zero-order valence-electron chi connectivity index (χ0n) is 23.5. The third-order valence-corrected chi connectivity index (χ3v) is 11.1. The molecule has 10 rings (SSSR count). The molecular weight excluding hydrogens is 539 g/mol. The third-order valence-electron chi connectivity index (χ3n) is 9.93. The van der Waals surface area contributed by atoms with Gasteiger partial charge >= 0.3 is 0 Å². The van der Waals surface area contributed by atoms with E-state index in [2.05, 4.69) is 144 Å². The second-order valence-electron chi connectivity index (χ2n) is 11.9. The monoisotopic (exact) mass is 565 g/mol. The standard InChI is InChI=1S/C41H27NS/c1-2-14-27-26(12-1)13-11-22-36(27)42-37-21-9-5-17-30(37)31-24-25-35-40(39(31)42)43-38-23-10-8-20-34(38)41(35)32-18-6-3-15-28(32)29-16-4-7-19-33(29)41/h1-8,10-20,22-25H,9,21H2. The van der Waals surface area contributed by atoms with Gasteiger partial charge in [0.25, 0.3) is 0 Å². The largest absolute Gasteiger partial charge is 0.311 e. The van der Waals surface area contributed by atoms with E-state index in [0.717, 1.165) is 12.8 Å². The van der Waals surface area contributed by atoms with Crippen molar-refractivity contribution in [2.24, 2.45) is 0 Å². The summed E-state index contributed by atoms with van der Waals surface area (Å²) in [7, 11) is 0. The molecule has 0 N–H and O–H groups in total. The molecule has 2 aliphatic carbocycles. The Morgan fingerprint density at radius 2 is 1.28 bits per heavy atom. The second-order valence-corrected chi connectivity index (χ2v) is 13.0. The lowest BCUT2D eigenvalue weighted by Crippen LogP contribution is -2.32. The van der Waals surface area contributed by atoms with Crippen molar-refractivity contribution in [2.75, 3.05) is 0 Å². The molecule has 0 radical (unpaired) electrons. The number of allylic oxidation sites excluding steroid dienone is 1. The van der Waals surface area contributed by atoms with Gasteiger partial charge in [-0.15, -0.1) is 0 Å². The van der Waals surface area contributed by atoms with Gasteiger partial charge in [-0.25, -0.2) is 0 Å². The average molecular weight is 566 g/mol. The summed E-state index contributed by atoms with van der Waals surface area (Å²) in [6.07, 6.45) is 6.82. The van der Waals surface area contributed by atoms with E-state index in [0.29, 0.717) is 0 Å². The Balaban J connectivity index is 1.41. The van der Waals surface area contributed by atoms with Gasteiger partial charge in [-0.3, -0.25) is 0 Å². The summed E-state index contributed by atoms with van der Waals surface area (Å²) in [5.74, 6) is 0. The molecule has 0 bridgehead atoms. The fraction of sp³-hybridized carbons (Fsp3) is 0.0732. The third kappa shape index (κ3) is 2.94. The molecule has 0 unspecified atom stereocenters. The lowest BCUT2D eigenvalue weighted by molar-refractivity contribution is 0.724. The van der Waals surface area contributed by atoms with Crippen LogP contribution in [-0.2, 0) is 11.8 Å². The highest BCUT2D eigenvalue weighted by Crippen LogP contribution is 2.63. The molecule has 0 saturated carbocycles. The van der Waals surface area contributed by atoms with Crippen LogP contribution in [0, 0.1) is 0 Å². The molecule has 202 valence electrons. The molecule has 2 heteroatoms. The molecule has 1 aliphatic heterocycles. The minimum atomic E-state index is -0.372. The molecule has 0 saturated heterocycles. The summed E-state index contributed by atoms with van der Waals surface area (Å²) in [4.78, 5) is 2.71. The SMILES string of the molecule is C1=Cc2c(n(-c3cccc4ccccc34)c3c4c(ccc23)C2(c3ccccc3S4)c3ccccc3-c3ccccc32)CC1. The second kappa shape index (κ2) is 8.63. The highest BCUT2D eigenvalue weighted by molar-refractivity contribution is 7.99. The van der Waals surface area contributed by atoms with E-state index in [4.69, 9.17) is 0 Å². The highest BCUT2D eigenvalue weighted by atomic mass is 32.2. The van der Waals surface area contributed by atoms with E-state index >= 15 is 0 Å². The summed E-state index contributed by atoms with van der Waals surface area (Å²) in [6, 6.07) is 47.8. The van der Waals surface area contributed by atoms with Crippen LogP contribution in [0.4, 0.5) is 0 Å². The van der Waals surface area contributed by atoms with E-state index < -0.39 is 0 Å². The summed E-state index contributed by atoms with van der Waals surface area (Å²) in [5, 5.41) is 3.92. The van der Waals surface area contributed by atoms with Gasteiger partial charge in [-0.05, 0) is 63.7 Å². The van der Waals surface area contributed by atoms with E-state index in [1.807, 2.05) is 11.8 Å². The first kappa shape index (κ1) is 23.7. The van der Waals surface area contributed by atoms with Crippen LogP contribution >= 0.6 is 11.8 Å². The van der Waals surface area contributed by atoms with Crippen molar-refractivity contribution in [3.8, 4) is 16.8 Å². The molecule has 2 heterocycles. The minimum absolute atomic E-state index is 0.372. The topological polar surface area (TPSA) is 4.93 Å². The van der Waals surface area contributed by atoms with Crippen LogP contribution in [0.25, 0.3) is 44.6 Å². The molecule has 0 fully saturated rings. The van der Waals surface area contributed by atoms with Gasteiger partial charge in [0, 0.05) is 31.8 Å². The maximum atomic E-state index is 2.62. The highest BCUT2D eigenvalue weighted by Gasteiger charge is 2.50. The smallest absolute Gasteiger partial charge is 0.0736 e. The van der Waals surface area contributed by atoms with Crippen LogP contribution < -0.4 is 0 Å². The van der Waals surface area contributed by atoms with Crippen LogP contribution in [0.15, 0.2) is 143 Å². The number of rotatable bonds is 1. The number of nitrogens with zero attached hydrogens (tertiary/aromatic N) is 1. The molecular formula is C41H27NS. The Labute approximate surface area is 255 Å². The van der Waals surface area contributed by atoms with Crippen LogP contribution in [0.3, 0.4) is 0 Å². The van der Waals surface area contributed by atoms with E-state index in [9.17, 15) is 0 Å². The zero-order chi connectivity index (χ0) is 28.1. The lowest BCUT2D eigenvalue weighted by atomic mass is 9.67. The van der Waals surface area contributed by atoms with Gasteiger partial charge in [0.15, 0.2) is 0 Å². The number of hydrogen-bond donors (Lipinski definition) is 0. The molecule has 1 nitrogen and oxygen atoms in total. The summed E-state index contributed by atoms with van der Waals surface area (Å²) < 4.78 is 2.62. The van der Waals surface area contributed by atoms with Crippen molar-refractivity contribution in [3.05, 3.63) is 167 Å². The predicted molar refractivity (Wildman–Crippen MR) is 180 cm³/mol. The zero-order valence-corrected chi connectivity index (χ0v) is 24.4. The molecule has 6 aromatic carbocycles. The Morgan fingerprint density at radius 1 is 0.581 bits per heavy atom. The van der Waals surface area contributed by atoms with Crippen molar-refractivity contribution in [2.45, 2.75) is 28.0 Å². The van der Waals surface area contributed by atoms with Gasteiger partial charge in [-0.2, -0.15) is 0 Å². The average Bonchev–Trinajstić information content (AvgIpc) is 3.56. The van der Waals surface area contributed by atoms with Crippen LogP contribution in [0.5, 0.6) is 0 Å². The number of fused-ring (bicyclic) bond motifs is 14. The lowest BCUT2D eigenvalue weighted by Gasteiger charge is -2.40. The molecule has 1 spiro atoms. The maximum absolute atomic E-state index is 2.62. The number of benzene rings is 6. The van der Waals surface area contributed by atoms with Gasteiger partial charge in [0.1, 0.15) is 0 Å². The Bertz CT molecular complexity index is 2280. The van der Waals surface area contributed by atoms with Crippen LogP contribution in [0.1, 0.15) is 39.9 Å². The summed E-state index contributed by atoms with van der Waals surface area (Å²) >= 11 is 1.95. The van der Waals surface area contributed by atoms with Crippen molar-refractivity contribution >= 4 is 39.5 Å². The molecule has 3 aliphatic rings. The maximum Gasteiger partial charge on any atom is 0.0736 e. The molecule has 0 amide bonds. The van der Waals surface area contributed by atoms with Crippen LogP contribution in [0.2, 0.25) is 0 Å². The van der Waals surface area contributed by atoms with Crippen LogP contribution in [-0.4, -0.2) is 4.57 Å². The van der Waals surface area contributed by atoms with Gasteiger partial charge in [0.05, 0.1) is 16.6 Å². The Hall–Kier alpha value is -4.79. The fourth-order valence-electron chi connectivity index (χ4n) is 8.28.